The predicted octanol–water partition coefficient (Wildman–Crippen LogP) is 5.36. The Labute approximate surface area is 289 Å². The number of aromatic nitrogens is 3. The maximum absolute atomic E-state index is 14.2. The van der Waals surface area contributed by atoms with E-state index in [0.29, 0.717) is 52.9 Å². The van der Waals surface area contributed by atoms with Crippen molar-refractivity contribution in [3.05, 3.63) is 109 Å². The first-order chi connectivity index (χ1) is 23.2. The van der Waals surface area contributed by atoms with Crippen LogP contribution in [-0.4, -0.2) is 50.3 Å². The zero-order valence-corrected chi connectivity index (χ0v) is 29.1. The van der Waals surface area contributed by atoms with Crippen molar-refractivity contribution in [2.75, 3.05) is 40.9 Å². The number of carbonyl (C=O) groups is 1. The van der Waals surface area contributed by atoms with Crippen LogP contribution in [0.15, 0.2) is 75.2 Å². The van der Waals surface area contributed by atoms with Crippen LogP contribution < -0.4 is 25.8 Å². The highest BCUT2D eigenvalue weighted by molar-refractivity contribution is 8.27. The van der Waals surface area contributed by atoms with Crippen LogP contribution in [0.1, 0.15) is 42.1 Å². The molecule has 0 saturated carbocycles. The molecule has 2 aromatic carbocycles. The Morgan fingerprint density at radius 3 is 2.10 bits per heavy atom. The Kier molecular flexibility index (Phi) is 9.44. The van der Waals surface area contributed by atoms with Crippen molar-refractivity contribution in [2.24, 2.45) is 7.05 Å². The number of amides is 1. The SMILES string of the molecule is CCCCn1c(N2CCN(c3ccccc3)CC2)c(/C=C2/SC(=S)N(c3c(C)n(C)n(-c4ccccc4)c3=O)C2=O)c(C)c(C#N)c1=O. The standard InChI is InChI=1S/C36H37N7O3S2/c1-5-6-17-41-32(40-20-18-39(19-21-40)26-13-9-7-10-14-26)28(24(2)29(23-37)33(41)44)22-30-34(45)42(36(47)48-30)31-25(3)38(4)43(35(31)46)27-15-11-8-12-16-27/h7-16,22H,5-6,17-21H2,1-4H3/b30-22+. The van der Waals surface area contributed by atoms with E-state index in [1.54, 1.807) is 36.2 Å². The number of unbranched alkanes of at least 4 members (excludes halogenated alkanes) is 1. The maximum atomic E-state index is 14.2. The molecule has 2 saturated heterocycles. The number of thiocarbonyl (C=S) groups is 1. The number of nitrogens with zero attached hydrogens (tertiary/aromatic N) is 7. The van der Waals surface area contributed by atoms with Gasteiger partial charge < -0.3 is 9.80 Å². The minimum absolute atomic E-state index is 0.0594. The summed E-state index contributed by atoms with van der Waals surface area (Å²) in [5.41, 5.74) is 3.15. The lowest BCUT2D eigenvalue weighted by Gasteiger charge is -2.39. The quantitative estimate of drug-likeness (QED) is 0.182. The van der Waals surface area contributed by atoms with Crippen LogP contribution in [0.2, 0.25) is 0 Å². The fraction of sp³-hybridized carbons (Fsp3) is 0.306. The smallest absolute Gasteiger partial charge is 0.296 e. The van der Waals surface area contributed by atoms with Gasteiger partial charge in [0.05, 0.1) is 16.3 Å². The van der Waals surface area contributed by atoms with E-state index in [1.165, 1.54) is 9.58 Å². The number of thioether (sulfide) groups is 1. The summed E-state index contributed by atoms with van der Waals surface area (Å²) in [5, 5.41) is 10.1. The van der Waals surface area contributed by atoms with Gasteiger partial charge in [0.1, 0.15) is 23.1 Å². The largest absolute Gasteiger partial charge is 0.368 e. The molecule has 4 heterocycles. The van der Waals surface area contributed by atoms with Gasteiger partial charge >= 0.3 is 0 Å². The van der Waals surface area contributed by atoms with Gasteiger partial charge in [-0.3, -0.25) is 28.5 Å². The van der Waals surface area contributed by atoms with E-state index in [1.807, 2.05) is 48.5 Å². The topological polar surface area (TPSA) is 99.5 Å². The van der Waals surface area contributed by atoms with Crippen molar-refractivity contribution >= 4 is 57.5 Å². The molecule has 2 aliphatic rings. The number of hydrogen-bond donors (Lipinski definition) is 0. The van der Waals surface area contributed by atoms with Crippen LogP contribution in [0.25, 0.3) is 11.8 Å². The number of rotatable bonds is 8. The molecule has 48 heavy (non-hydrogen) atoms. The Hall–Kier alpha value is -4.86. The fourth-order valence-electron chi connectivity index (χ4n) is 6.43. The van der Waals surface area contributed by atoms with E-state index in [-0.39, 0.29) is 26.7 Å². The van der Waals surface area contributed by atoms with Gasteiger partial charge in [0, 0.05) is 51.0 Å². The predicted molar refractivity (Wildman–Crippen MR) is 197 cm³/mol. The number of pyridine rings is 1. The maximum Gasteiger partial charge on any atom is 0.296 e. The molecule has 2 aliphatic heterocycles. The van der Waals surface area contributed by atoms with Crippen LogP contribution in [0, 0.1) is 25.2 Å². The van der Waals surface area contributed by atoms with Crippen LogP contribution in [-0.2, 0) is 18.4 Å². The number of carbonyl (C=O) groups excluding carboxylic acids is 1. The van der Waals surface area contributed by atoms with Crippen molar-refractivity contribution in [1.29, 1.82) is 5.26 Å². The van der Waals surface area contributed by atoms with E-state index < -0.39 is 5.91 Å². The second kappa shape index (κ2) is 13.7. The Bertz CT molecular complexity index is 2080. The highest BCUT2D eigenvalue weighted by Crippen LogP contribution is 2.39. The molecule has 0 N–H and O–H groups in total. The molecule has 4 aromatic rings. The molecular weight excluding hydrogens is 643 g/mol. The molecule has 0 aliphatic carbocycles. The summed E-state index contributed by atoms with van der Waals surface area (Å²) in [5.74, 6) is 0.283. The van der Waals surface area contributed by atoms with Crippen molar-refractivity contribution in [2.45, 2.75) is 40.2 Å². The molecular formula is C36H37N7O3S2. The molecule has 0 bridgehead atoms. The zero-order chi connectivity index (χ0) is 34.1. The van der Waals surface area contributed by atoms with Gasteiger partial charge in [-0.2, -0.15) is 5.26 Å². The van der Waals surface area contributed by atoms with E-state index in [4.69, 9.17) is 12.2 Å². The highest BCUT2D eigenvalue weighted by Gasteiger charge is 2.38. The van der Waals surface area contributed by atoms with Crippen molar-refractivity contribution in [3.63, 3.8) is 0 Å². The third-order valence-corrected chi connectivity index (χ3v) is 10.4. The Morgan fingerprint density at radius 1 is 0.896 bits per heavy atom. The molecule has 0 unspecified atom stereocenters. The Morgan fingerprint density at radius 2 is 1.50 bits per heavy atom. The monoisotopic (exact) mass is 679 g/mol. The van der Waals surface area contributed by atoms with Crippen LogP contribution in [0.4, 0.5) is 17.2 Å². The second-order valence-electron chi connectivity index (χ2n) is 11.9. The zero-order valence-electron chi connectivity index (χ0n) is 27.5. The normalized spacial score (nSPS) is 15.9. The summed E-state index contributed by atoms with van der Waals surface area (Å²) in [7, 11) is 1.77. The van der Waals surface area contributed by atoms with E-state index in [0.717, 1.165) is 43.4 Å². The number of nitriles is 1. The Balaban J connectivity index is 1.44. The van der Waals surface area contributed by atoms with Crippen LogP contribution >= 0.6 is 24.0 Å². The molecule has 10 nitrogen and oxygen atoms in total. The van der Waals surface area contributed by atoms with Gasteiger partial charge in [0.25, 0.3) is 17.0 Å². The van der Waals surface area contributed by atoms with Gasteiger partial charge in [-0.15, -0.1) is 0 Å². The molecule has 0 radical (unpaired) electrons. The number of hydrogen-bond acceptors (Lipinski definition) is 8. The number of piperazine rings is 1. The summed E-state index contributed by atoms with van der Waals surface area (Å²) in [6.07, 6.45) is 3.38. The van der Waals surface area contributed by atoms with E-state index in [2.05, 4.69) is 34.9 Å². The lowest BCUT2D eigenvalue weighted by molar-refractivity contribution is -0.113. The van der Waals surface area contributed by atoms with Crippen molar-refractivity contribution in [3.8, 4) is 11.8 Å². The van der Waals surface area contributed by atoms with Gasteiger partial charge in [-0.1, -0.05) is 73.7 Å². The van der Waals surface area contributed by atoms with E-state index >= 15 is 0 Å². The van der Waals surface area contributed by atoms with Crippen LogP contribution in [0.3, 0.4) is 0 Å². The first kappa shape index (κ1) is 33.1. The molecule has 0 atom stereocenters. The molecule has 6 rings (SSSR count). The molecule has 1 amide bonds. The van der Waals surface area contributed by atoms with E-state index in [9.17, 15) is 19.6 Å². The third kappa shape index (κ3) is 5.77. The minimum atomic E-state index is -0.417. The van der Waals surface area contributed by atoms with Gasteiger partial charge in [0.15, 0.2) is 4.32 Å². The fourth-order valence-corrected chi connectivity index (χ4v) is 7.68. The van der Waals surface area contributed by atoms with Gasteiger partial charge in [0.2, 0.25) is 0 Å². The number of benzene rings is 2. The minimum Gasteiger partial charge on any atom is -0.368 e. The molecule has 246 valence electrons. The van der Waals surface area contributed by atoms with Gasteiger partial charge in [-0.25, -0.2) is 4.68 Å². The summed E-state index contributed by atoms with van der Waals surface area (Å²) < 4.78 is 5.19. The summed E-state index contributed by atoms with van der Waals surface area (Å²) in [6, 6.07) is 21.6. The summed E-state index contributed by atoms with van der Waals surface area (Å²) >= 11 is 6.85. The number of anilines is 3. The number of para-hydroxylation sites is 2. The first-order valence-electron chi connectivity index (χ1n) is 16.0. The molecule has 2 aromatic heterocycles. The third-order valence-electron chi connectivity index (χ3n) is 9.10. The molecule has 2 fully saturated rings. The van der Waals surface area contributed by atoms with Crippen molar-refractivity contribution in [1.82, 2.24) is 13.9 Å². The summed E-state index contributed by atoms with van der Waals surface area (Å²) in [4.78, 5) is 48.0. The van der Waals surface area contributed by atoms with Crippen LogP contribution in [0.5, 0.6) is 0 Å². The highest BCUT2D eigenvalue weighted by atomic mass is 32.2. The average Bonchev–Trinajstić information content (AvgIpc) is 3.50. The van der Waals surface area contributed by atoms with Gasteiger partial charge in [-0.05, 0) is 56.2 Å². The first-order valence-corrected chi connectivity index (χ1v) is 17.2. The second-order valence-corrected chi connectivity index (χ2v) is 13.6. The average molecular weight is 680 g/mol. The van der Waals surface area contributed by atoms with Crippen molar-refractivity contribution < 1.29 is 4.79 Å². The lowest BCUT2D eigenvalue weighted by Crippen LogP contribution is -2.48. The molecule has 0 spiro atoms. The summed E-state index contributed by atoms with van der Waals surface area (Å²) in [6.45, 7) is 8.85. The lowest BCUT2D eigenvalue weighted by atomic mass is 10.0. The molecule has 12 heteroatoms.